The molecule has 0 aliphatic rings. The normalized spacial score (nSPS) is 10.8. The van der Waals surface area contributed by atoms with E-state index in [1.165, 1.54) is 12.1 Å². The van der Waals surface area contributed by atoms with Crippen LogP contribution < -0.4 is 10.0 Å². The molecule has 1 aromatic rings. The molecule has 0 bridgehead atoms. The van der Waals surface area contributed by atoms with E-state index in [9.17, 15) is 17.6 Å². The van der Waals surface area contributed by atoms with Crippen molar-refractivity contribution in [3.63, 3.8) is 0 Å². The lowest BCUT2D eigenvalue weighted by molar-refractivity contribution is 0.0958. The van der Waals surface area contributed by atoms with Crippen LogP contribution in [-0.2, 0) is 10.0 Å². The van der Waals surface area contributed by atoms with Crippen molar-refractivity contribution in [1.82, 2.24) is 5.32 Å². The zero-order chi connectivity index (χ0) is 13.8. The maximum atomic E-state index is 13.1. The summed E-state index contributed by atoms with van der Waals surface area (Å²) in [4.78, 5) is 11.7. The number of carbonyl (C=O) groups excluding carboxylic acids is 1. The third kappa shape index (κ3) is 4.17. The Kier molecular flexibility index (Phi) is 4.43. The third-order valence-electron chi connectivity index (χ3n) is 1.93. The van der Waals surface area contributed by atoms with E-state index in [0.717, 1.165) is 18.4 Å². The largest absolute Gasteiger partial charge is 0.349 e. The van der Waals surface area contributed by atoms with Gasteiger partial charge in [-0.2, -0.15) is 0 Å². The minimum Gasteiger partial charge on any atom is -0.349 e. The third-order valence-corrected chi connectivity index (χ3v) is 2.52. The molecule has 0 heterocycles. The summed E-state index contributed by atoms with van der Waals surface area (Å²) in [5, 5.41) is 2.44. The van der Waals surface area contributed by atoms with Crippen LogP contribution in [0.4, 0.5) is 10.1 Å². The highest BCUT2D eigenvalue weighted by Crippen LogP contribution is 2.18. The Morgan fingerprint density at radius 1 is 1.50 bits per heavy atom. The van der Waals surface area contributed by atoms with E-state index in [1.54, 1.807) is 0 Å². The zero-order valence-corrected chi connectivity index (χ0v) is 10.6. The lowest BCUT2D eigenvalue weighted by atomic mass is 10.1. The van der Waals surface area contributed by atoms with Crippen LogP contribution in [0.3, 0.4) is 0 Å². The van der Waals surface area contributed by atoms with Gasteiger partial charge < -0.3 is 5.32 Å². The first-order valence-corrected chi connectivity index (χ1v) is 6.89. The van der Waals surface area contributed by atoms with Gasteiger partial charge in [0.1, 0.15) is 5.82 Å². The van der Waals surface area contributed by atoms with Gasteiger partial charge >= 0.3 is 0 Å². The fourth-order valence-corrected chi connectivity index (χ4v) is 1.83. The molecule has 0 unspecified atom stereocenters. The van der Waals surface area contributed by atoms with Gasteiger partial charge in [-0.1, -0.05) is 6.08 Å². The summed E-state index contributed by atoms with van der Waals surface area (Å²) in [6.07, 6.45) is 2.41. The smallest absolute Gasteiger partial charge is 0.253 e. The van der Waals surface area contributed by atoms with Crippen LogP contribution in [0.1, 0.15) is 10.4 Å². The highest BCUT2D eigenvalue weighted by molar-refractivity contribution is 7.92. The van der Waals surface area contributed by atoms with E-state index >= 15 is 0 Å². The van der Waals surface area contributed by atoms with E-state index in [0.29, 0.717) is 0 Å². The number of carbonyl (C=O) groups is 1. The molecule has 5 nitrogen and oxygen atoms in total. The van der Waals surface area contributed by atoms with Crippen LogP contribution in [0.25, 0.3) is 0 Å². The van der Waals surface area contributed by atoms with Gasteiger partial charge in [-0.05, 0) is 18.2 Å². The Morgan fingerprint density at radius 3 is 2.72 bits per heavy atom. The van der Waals surface area contributed by atoms with Gasteiger partial charge in [-0.15, -0.1) is 6.58 Å². The Hall–Kier alpha value is -1.89. The van der Waals surface area contributed by atoms with Crippen molar-refractivity contribution in [2.75, 3.05) is 17.5 Å². The average molecular weight is 272 g/mol. The van der Waals surface area contributed by atoms with Gasteiger partial charge in [0.15, 0.2) is 0 Å². The molecule has 1 amide bonds. The fourth-order valence-electron chi connectivity index (χ4n) is 1.25. The van der Waals surface area contributed by atoms with Gasteiger partial charge in [0.2, 0.25) is 10.0 Å². The second-order valence-corrected chi connectivity index (χ2v) is 5.31. The Morgan fingerprint density at radius 2 is 2.17 bits per heavy atom. The summed E-state index contributed by atoms with van der Waals surface area (Å²) in [5.74, 6) is -1.21. The van der Waals surface area contributed by atoms with Gasteiger partial charge in [0, 0.05) is 6.54 Å². The lowest BCUT2D eigenvalue weighted by Gasteiger charge is -2.10. The number of nitrogens with one attached hydrogen (secondary N) is 2. The van der Waals surface area contributed by atoms with Crippen LogP contribution in [0.5, 0.6) is 0 Å². The number of amides is 1. The van der Waals surface area contributed by atoms with Gasteiger partial charge in [0.25, 0.3) is 5.91 Å². The molecule has 0 spiro atoms. The Balaban J connectivity index is 3.11. The predicted molar refractivity (Wildman–Crippen MR) is 67.4 cm³/mol. The van der Waals surface area contributed by atoms with E-state index in [4.69, 9.17) is 0 Å². The Labute approximate surface area is 105 Å². The molecule has 0 radical (unpaired) electrons. The number of halogens is 1. The van der Waals surface area contributed by atoms with E-state index in [1.807, 2.05) is 0 Å². The van der Waals surface area contributed by atoms with Crippen LogP contribution in [0, 0.1) is 5.82 Å². The number of sulfonamides is 1. The SMILES string of the molecule is C=CCNC(=O)c1cc(F)ccc1NS(C)(=O)=O. The molecule has 0 saturated carbocycles. The topological polar surface area (TPSA) is 75.3 Å². The summed E-state index contributed by atoms with van der Waals surface area (Å²) in [6.45, 7) is 3.63. The van der Waals surface area contributed by atoms with Crippen LogP contribution in [0.15, 0.2) is 30.9 Å². The average Bonchev–Trinajstić information content (AvgIpc) is 2.26. The van der Waals surface area contributed by atoms with Crippen LogP contribution in [0.2, 0.25) is 0 Å². The molecule has 0 fully saturated rings. The lowest BCUT2D eigenvalue weighted by Crippen LogP contribution is -2.25. The van der Waals surface area contributed by atoms with Crippen molar-refractivity contribution in [2.24, 2.45) is 0 Å². The first kappa shape index (κ1) is 14.2. The molecule has 0 atom stereocenters. The maximum absolute atomic E-state index is 13.1. The number of hydrogen-bond donors (Lipinski definition) is 2. The van der Waals surface area contributed by atoms with Crippen molar-refractivity contribution >= 4 is 21.6 Å². The summed E-state index contributed by atoms with van der Waals surface area (Å²) in [7, 11) is -3.54. The van der Waals surface area contributed by atoms with Gasteiger partial charge in [0.05, 0.1) is 17.5 Å². The van der Waals surface area contributed by atoms with E-state index in [-0.39, 0.29) is 17.8 Å². The van der Waals surface area contributed by atoms with Crippen molar-refractivity contribution in [3.05, 3.63) is 42.2 Å². The first-order chi connectivity index (χ1) is 8.33. The van der Waals surface area contributed by atoms with E-state index in [2.05, 4.69) is 16.6 Å². The van der Waals surface area contributed by atoms with Crippen LogP contribution in [-0.4, -0.2) is 27.1 Å². The standard InChI is InChI=1S/C11H13FN2O3S/c1-3-6-13-11(15)9-7-8(12)4-5-10(9)14-18(2,16)17/h3-5,7,14H,1,6H2,2H3,(H,13,15). The minimum absolute atomic E-state index is 0.0282. The molecule has 2 N–H and O–H groups in total. The molecule has 0 saturated heterocycles. The van der Waals surface area contributed by atoms with Gasteiger partial charge in [-0.25, -0.2) is 12.8 Å². The molecular formula is C11H13FN2O3S. The first-order valence-electron chi connectivity index (χ1n) is 5.00. The highest BCUT2D eigenvalue weighted by atomic mass is 32.2. The summed E-state index contributed by atoms with van der Waals surface area (Å²) >= 11 is 0. The summed E-state index contributed by atoms with van der Waals surface area (Å²) < 4.78 is 37.5. The molecule has 1 rings (SSSR count). The van der Waals surface area contributed by atoms with Crippen molar-refractivity contribution in [2.45, 2.75) is 0 Å². The minimum atomic E-state index is -3.54. The zero-order valence-electron chi connectivity index (χ0n) is 9.73. The number of benzene rings is 1. The van der Waals surface area contributed by atoms with Crippen molar-refractivity contribution in [3.8, 4) is 0 Å². The molecular weight excluding hydrogens is 259 g/mol. The van der Waals surface area contributed by atoms with Crippen molar-refractivity contribution in [1.29, 1.82) is 0 Å². The fraction of sp³-hybridized carbons (Fsp3) is 0.182. The molecule has 0 aromatic heterocycles. The summed E-state index contributed by atoms with van der Waals surface area (Å²) in [5.41, 5.74) is -0.0530. The van der Waals surface area contributed by atoms with E-state index < -0.39 is 21.7 Å². The number of hydrogen-bond acceptors (Lipinski definition) is 3. The van der Waals surface area contributed by atoms with Crippen molar-refractivity contribution < 1.29 is 17.6 Å². The molecule has 0 aliphatic carbocycles. The molecule has 98 valence electrons. The summed E-state index contributed by atoms with van der Waals surface area (Å²) in [6, 6.07) is 3.23. The highest BCUT2D eigenvalue weighted by Gasteiger charge is 2.14. The molecule has 0 aliphatic heterocycles. The quantitative estimate of drug-likeness (QED) is 0.788. The van der Waals surface area contributed by atoms with Gasteiger partial charge in [-0.3, -0.25) is 9.52 Å². The molecule has 18 heavy (non-hydrogen) atoms. The predicted octanol–water partition coefficient (Wildman–Crippen LogP) is 1.11. The van der Waals surface area contributed by atoms with Crippen LogP contribution >= 0.6 is 0 Å². The monoisotopic (exact) mass is 272 g/mol. The maximum Gasteiger partial charge on any atom is 0.253 e. The second kappa shape index (κ2) is 5.63. The molecule has 7 heteroatoms. The molecule has 1 aromatic carbocycles. The number of anilines is 1. The number of rotatable bonds is 5. The Bertz CT molecular complexity index is 570. The second-order valence-electron chi connectivity index (χ2n) is 3.56.